The van der Waals surface area contributed by atoms with E-state index in [-0.39, 0.29) is 18.3 Å². The molecule has 3 nitrogen and oxygen atoms in total. The topological polar surface area (TPSA) is 24.2 Å². The fourth-order valence-electron chi connectivity index (χ4n) is 4.42. The van der Waals surface area contributed by atoms with Crippen LogP contribution in [0, 0.1) is 6.92 Å². The van der Waals surface area contributed by atoms with Gasteiger partial charge < -0.3 is 17.3 Å². The van der Waals surface area contributed by atoms with Gasteiger partial charge in [-0.2, -0.15) is 0 Å². The molecule has 0 aliphatic rings. The first-order chi connectivity index (χ1) is 15.0. The molecule has 0 unspecified atom stereocenters. The van der Waals surface area contributed by atoms with E-state index in [9.17, 15) is 4.79 Å². The van der Waals surface area contributed by atoms with Gasteiger partial charge in [-0.1, -0.05) is 66.7 Å². The number of hydrogen-bond acceptors (Lipinski definition) is 2. The molecule has 1 heterocycles. The SMILES string of the molecule is CCN(CC)c1cc(C)[n+](C(C)=O)cc1-c1c(-c2ccccc2)ccc2ccccc12.[Cl-]. The Balaban J connectivity index is 0.00000289. The maximum absolute atomic E-state index is 12.4. The van der Waals surface area contributed by atoms with Crippen LogP contribution >= 0.6 is 0 Å². The molecule has 0 radical (unpaired) electrons. The van der Waals surface area contributed by atoms with Crippen molar-refractivity contribution >= 4 is 22.4 Å². The molecule has 4 aromatic rings. The molecule has 0 aliphatic carbocycles. The van der Waals surface area contributed by atoms with Crippen molar-refractivity contribution in [2.24, 2.45) is 0 Å². The quantitative estimate of drug-likeness (QED) is 0.441. The fourth-order valence-corrected chi connectivity index (χ4v) is 4.42. The molecule has 0 aliphatic heterocycles. The molecule has 4 rings (SSSR count). The monoisotopic (exact) mass is 444 g/mol. The maximum atomic E-state index is 12.4. The number of hydrogen-bond donors (Lipinski definition) is 0. The highest BCUT2D eigenvalue weighted by atomic mass is 35.5. The molecule has 3 aromatic carbocycles. The summed E-state index contributed by atoms with van der Waals surface area (Å²) >= 11 is 0. The molecule has 4 heteroatoms. The lowest BCUT2D eigenvalue weighted by Gasteiger charge is -2.25. The highest BCUT2D eigenvalue weighted by molar-refractivity contribution is 6.06. The second-order valence-corrected chi connectivity index (χ2v) is 7.85. The number of halogens is 1. The number of pyridine rings is 1. The average Bonchev–Trinajstić information content (AvgIpc) is 2.80. The molecule has 0 fully saturated rings. The number of rotatable bonds is 5. The summed E-state index contributed by atoms with van der Waals surface area (Å²) in [7, 11) is 0. The normalized spacial score (nSPS) is 10.6. The zero-order valence-electron chi connectivity index (χ0n) is 19.1. The summed E-state index contributed by atoms with van der Waals surface area (Å²) in [5, 5.41) is 2.38. The van der Waals surface area contributed by atoms with E-state index in [1.54, 1.807) is 11.5 Å². The summed E-state index contributed by atoms with van der Waals surface area (Å²) in [6, 6.07) is 25.5. The van der Waals surface area contributed by atoms with Crippen molar-refractivity contribution in [1.29, 1.82) is 0 Å². The van der Waals surface area contributed by atoms with Gasteiger partial charge in [0.1, 0.15) is 0 Å². The van der Waals surface area contributed by atoms with E-state index in [0.717, 1.165) is 30.0 Å². The Morgan fingerprint density at radius 1 is 0.875 bits per heavy atom. The van der Waals surface area contributed by atoms with Gasteiger partial charge in [0, 0.05) is 31.6 Å². The van der Waals surface area contributed by atoms with Gasteiger partial charge in [0.25, 0.3) is 0 Å². The molecule has 32 heavy (non-hydrogen) atoms. The summed E-state index contributed by atoms with van der Waals surface area (Å²) in [5.74, 6) is 0.0198. The van der Waals surface area contributed by atoms with Crippen LogP contribution in [0.25, 0.3) is 33.0 Å². The first kappa shape index (κ1) is 23.5. The number of carbonyl (C=O) groups is 1. The van der Waals surface area contributed by atoms with Crippen LogP contribution in [0.4, 0.5) is 5.69 Å². The second-order valence-electron chi connectivity index (χ2n) is 7.85. The number of fused-ring (bicyclic) bond motifs is 1. The minimum absolute atomic E-state index is 0. The molecule has 0 N–H and O–H groups in total. The summed E-state index contributed by atoms with van der Waals surface area (Å²) in [6.45, 7) is 9.77. The third-order valence-corrected chi connectivity index (χ3v) is 5.99. The van der Waals surface area contributed by atoms with Crippen LogP contribution in [0.5, 0.6) is 0 Å². The van der Waals surface area contributed by atoms with Gasteiger partial charge in [-0.25, -0.2) is 4.79 Å². The van der Waals surface area contributed by atoms with Crippen molar-refractivity contribution in [3.05, 3.63) is 84.7 Å². The molecule has 0 saturated carbocycles. The van der Waals surface area contributed by atoms with Crippen molar-refractivity contribution in [3.63, 3.8) is 0 Å². The van der Waals surface area contributed by atoms with Crippen molar-refractivity contribution in [2.45, 2.75) is 27.7 Å². The molecule has 1 aromatic heterocycles. The van der Waals surface area contributed by atoms with E-state index >= 15 is 0 Å². The first-order valence-corrected chi connectivity index (χ1v) is 10.9. The van der Waals surface area contributed by atoms with Crippen molar-refractivity contribution in [2.75, 3.05) is 18.0 Å². The van der Waals surface area contributed by atoms with E-state index < -0.39 is 0 Å². The highest BCUT2D eigenvalue weighted by Gasteiger charge is 2.24. The largest absolute Gasteiger partial charge is 1.00 e. The molecular formula is C28H29ClN2O. The third-order valence-electron chi connectivity index (χ3n) is 5.99. The molecular weight excluding hydrogens is 416 g/mol. The van der Waals surface area contributed by atoms with Gasteiger partial charge in [0.05, 0.1) is 18.2 Å². The maximum Gasteiger partial charge on any atom is 0.389 e. The standard InChI is InChI=1S/C28H29N2O.ClH/c1-5-29(6-2)27-18-20(3)30(21(4)31)19-26(27)28-24-15-11-10-14-23(24)16-17-25(28)22-12-8-7-9-13-22;/h7-19H,5-6H2,1-4H3;1H/q+1;/p-1. The van der Waals surface area contributed by atoms with E-state index in [2.05, 4.69) is 85.5 Å². The summed E-state index contributed by atoms with van der Waals surface area (Å²) in [4.78, 5) is 14.8. The van der Waals surface area contributed by atoms with Crippen LogP contribution in [0.3, 0.4) is 0 Å². The predicted octanol–water partition coefficient (Wildman–Crippen LogP) is 3.28. The highest BCUT2D eigenvalue weighted by Crippen LogP contribution is 2.42. The van der Waals surface area contributed by atoms with Crippen molar-refractivity contribution < 1.29 is 21.8 Å². The second kappa shape index (κ2) is 9.97. The molecule has 0 saturated heterocycles. The van der Waals surface area contributed by atoms with Crippen LogP contribution in [0.15, 0.2) is 79.0 Å². The third kappa shape index (κ3) is 4.26. The Bertz CT molecular complexity index is 1250. The summed E-state index contributed by atoms with van der Waals surface area (Å²) < 4.78 is 1.76. The predicted molar refractivity (Wildman–Crippen MR) is 130 cm³/mol. The van der Waals surface area contributed by atoms with Gasteiger partial charge in [-0.05, 0) is 35.7 Å². The van der Waals surface area contributed by atoms with E-state index in [4.69, 9.17) is 0 Å². The summed E-state index contributed by atoms with van der Waals surface area (Å²) in [6.07, 6.45) is 2.03. The number of benzene rings is 3. The molecule has 0 amide bonds. The van der Waals surface area contributed by atoms with Gasteiger partial charge in [-0.3, -0.25) is 0 Å². The van der Waals surface area contributed by atoms with Crippen LogP contribution in [0.2, 0.25) is 0 Å². The number of aryl methyl sites for hydroxylation is 1. The molecule has 0 atom stereocenters. The zero-order chi connectivity index (χ0) is 22.0. The average molecular weight is 445 g/mol. The van der Waals surface area contributed by atoms with E-state index in [1.165, 1.54) is 27.5 Å². The van der Waals surface area contributed by atoms with Gasteiger partial charge in [0.15, 0.2) is 11.9 Å². The van der Waals surface area contributed by atoms with Crippen LogP contribution in [-0.2, 0) is 0 Å². The number of nitrogens with zero attached hydrogens (tertiary/aromatic N) is 2. The molecule has 0 bridgehead atoms. The van der Waals surface area contributed by atoms with Crippen molar-refractivity contribution in [3.8, 4) is 22.3 Å². The first-order valence-electron chi connectivity index (χ1n) is 10.9. The smallest absolute Gasteiger partial charge is 0.389 e. The lowest BCUT2D eigenvalue weighted by atomic mass is 9.89. The number of aromatic nitrogens is 1. The van der Waals surface area contributed by atoms with Gasteiger partial charge in [0.2, 0.25) is 0 Å². The Kier molecular flexibility index (Phi) is 7.32. The fraction of sp³-hybridized carbons (Fsp3) is 0.214. The zero-order valence-corrected chi connectivity index (χ0v) is 19.9. The lowest BCUT2D eigenvalue weighted by Crippen LogP contribution is -3.00. The Hall–Kier alpha value is -3.17. The minimum Gasteiger partial charge on any atom is -1.00 e. The van der Waals surface area contributed by atoms with Crippen LogP contribution in [-0.4, -0.2) is 19.0 Å². The Labute approximate surface area is 196 Å². The van der Waals surface area contributed by atoms with Gasteiger partial charge in [-0.15, -0.1) is 4.57 Å². The molecule has 0 spiro atoms. The van der Waals surface area contributed by atoms with E-state index in [1.807, 2.05) is 19.2 Å². The minimum atomic E-state index is 0. The number of carbonyl (C=O) groups excluding carboxylic acids is 1. The van der Waals surface area contributed by atoms with Crippen molar-refractivity contribution in [1.82, 2.24) is 0 Å². The number of anilines is 1. The lowest BCUT2D eigenvalue weighted by molar-refractivity contribution is -0.579. The summed E-state index contributed by atoms with van der Waals surface area (Å²) in [5.41, 5.74) is 6.70. The van der Waals surface area contributed by atoms with Gasteiger partial charge >= 0.3 is 5.91 Å². The van der Waals surface area contributed by atoms with Crippen LogP contribution < -0.4 is 21.9 Å². The van der Waals surface area contributed by atoms with Crippen LogP contribution in [0.1, 0.15) is 31.3 Å². The van der Waals surface area contributed by atoms with E-state index in [0.29, 0.717) is 0 Å². The Morgan fingerprint density at radius 3 is 2.19 bits per heavy atom. The Morgan fingerprint density at radius 2 is 1.53 bits per heavy atom. The molecule has 164 valence electrons.